The van der Waals surface area contributed by atoms with E-state index in [9.17, 15) is 8.42 Å². The SMILES string of the molecule is C=NS(=O)(=O)Cc1ccccn1. The van der Waals surface area contributed by atoms with E-state index in [2.05, 4.69) is 16.1 Å². The second-order valence-corrected chi connectivity index (χ2v) is 3.89. The second kappa shape index (κ2) is 3.44. The summed E-state index contributed by atoms with van der Waals surface area (Å²) >= 11 is 0. The zero-order valence-corrected chi connectivity index (χ0v) is 7.16. The van der Waals surface area contributed by atoms with E-state index in [0.717, 1.165) is 0 Å². The van der Waals surface area contributed by atoms with Crippen molar-refractivity contribution >= 4 is 16.7 Å². The lowest BCUT2D eigenvalue weighted by atomic mass is 10.4. The molecular weight excluding hydrogens is 176 g/mol. The van der Waals surface area contributed by atoms with Gasteiger partial charge < -0.3 is 0 Å². The monoisotopic (exact) mass is 184 g/mol. The molecule has 1 aromatic rings. The van der Waals surface area contributed by atoms with E-state index >= 15 is 0 Å². The number of nitrogens with zero attached hydrogens (tertiary/aromatic N) is 2. The first kappa shape index (κ1) is 8.86. The molecule has 0 fully saturated rings. The third-order valence-electron chi connectivity index (χ3n) is 1.25. The highest BCUT2D eigenvalue weighted by atomic mass is 32.2. The largest absolute Gasteiger partial charge is 0.260 e. The highest BCUT2D eigenvalue weighted by molar-refractivity contribution is 7.89. The molecule has 0 atom stereocenters. The molecule has 0 aromatic carbocycles. The Labute approximate surface area is 71.0 Å². The van der Waals surface area contributed by atoms with E-state index < -0.39 is 10.0 Å². The summed E-state index contributed by atoms with van der Waals surface area (Å²) in [6.07, 6.45) is 1.54. The predicted octanol–water partition coefficient (Wildman–Crippen LogP) is 0.612. The van der Waals surface area contributed by atoms with E-state index in [0.29, 0.717) is 5.69 Å². The molecular formula is C7H8N2O2S. The molecule has 5 heteroatoms. The van der Waals surface area contributed by atoms with Crippen molar-refractivity contribution in [1.82, 2.24) is 4.98 Å². The van der Waals surface area contributed by atoms with Crippen LogP contribution < -0.4 is 0 Å². The molecule has 0 aliphatic heterocycles. The number of sulfonamides is 1. The topological polar surface area (TPSA) is 59.4 Å². The van der Waals surface area contributed by atoms with Crippen LogP contribution in [0.2, 0.25) is 0 Å². The maximum atomic E-state index is 10.9. The van der Waals surface area contributed by atoms with Gasteiger partial charge in [0.05, 0.1) is 5.69 Å². The molecule has 1 rings (SSSR count). The van der Waals surface area contributed by atoms with Crippen molar-refractivity contribution < 1.29 is 8.42 Å². The quantitative estimate of drug-likeness (QED) is 0.647. The highest BCUT2D eigenvalue weighted by Gasteiger charge is 2.07. The first-order valence-electron chi connectivity index (χ1n) is 3.24. The Balaban J connectivity index is 2.85. The van der Waals surface area contributed by atoms with Crippen molar-refractivity contribution in [2.24, 2.45) is 4.40 Å². The van der Waals surface area contributed by atoms with Gasteiger partial charge in [-0.15, -0.1) is 0 Å². The van der Waals surface area contributed by atoms with E-state index in [1.807, 2.05) is 0 Å². The number of aromatic nitrogens is 1. The molecule has 0 aliphatic carbocycles. The molecule has 1 aromatic heterocycles. The molecule has 0 spiro atoms. The number of pyridine rings is 1. The summed E-state index contributed by atoms with van der Waals surface area (Å²) in [5.74, 6) is -0.183. The summed E-state index contributed by atoms with van der Waals surface area (Å²) in [5, 5.41) is 0. The molecule has 0 saturated carbocycles. The number of hydrogen-bond donors (Lipinski definition) is 0. The van der Waals surface area contributed by atoms with Gasteiger partial charge in [0.2, 0.25) is 0 Å². The van der Waals surface area contributed by atoms with E-state index in [-0.39, 0.29) is 5.75 Å². The lowest BCUT2D eigenvalue weighted by molar-refractivity contribution is 0.597. The molecule has 1 heterocycles. The van der Waals surface area contributed by atoms with Crippen molar-refractivity contribution in [3.63, 3.8) is 0 Å². The number of rotatable bonds is 3. The standard InChI is InChI=1S/C7H8N2O2S/c1-8-12(10,11)6-7-4-2-3-5-9-7/h2-5H,1,6H2. The molecule has 4 nitrogen and oxygen atoms in total. The summed E-state index contributed by atoms with van der Waals surface area (Å²) < 4.78 is 24.8. The minimum atomic E-state index is -3.42. The summed E-state index contributed by atoms with van der Waals surface area (Å²) in [7, 11) is -3.42. The third-order valence-corrected chi connectivity index (χ3v) is 2.31. The first-order chi connectivity index (χ1) is 5.64. The molecule has 0 radical (unpaired) electrons. The molecule has 0 bridgehead atoms. The molecule has 0 aliphatic rings. The average molecular weight is 184 g/mol. The molecule has 0 saturated heterocycles. The minimum absolute atomic E-state index is 0.183. The second-order valence-electron chi connectivity index (χ2n) is 2.18. The van der Waals surface area contributed by atoms with E-state index in [1.54, 1.807) is 18.2 Å². The Kier molecular flexibility index (Phi) is 2.54. The van der Waals surface area contributed by atoms with Crippen molar-refractivity contribution in [3.05, 3.63) is 30.1 Å². The predicted molar refractivity (Wildman–Crippen MR) is 46.4 cm³/mol. The van der Waals surface area contributed by atoms with Crippen molar-refractivity contribution in [3.8, 4) is 0 Å². The maximum Gasteiger partial charge on any atom is 0.258 e. The maximum absolute atomic E-state index is 10.9. The van der Waals surface area contributed by atoms with E-state index in [1.165, 1.54) is 6.20 Å². The number of hydrogen-bond acceptors (Lipinski definition) is 3. The van der Waals surface area contributed by atoms with Crippen molar-refractivity contribution in [2.45, 2.75) is 5.75 Å². The fraction of sp³-hybridized carbons (Fsp3) is 0.143. The van der Waals surface area contributed by atoms with Gasteiger partial charge in [-0.3, -0.25) is 4.98 Å². The molecule has 0 N–H and O–H groups in total. The average Bonchev–Trinajstić information content (AvgIpc) is 2.06. The van der Waals surface area contributed by atoms with Gasteiger partial charge in [-0.25, -0.2) is 8.42 Å². The summed E-state index contributed by atoms with van der Waals surface area (Å²) in [4.78, 5) is 3.84. The molecule has 12 heavy (non-hydrogen) atoms. The van der Waals surface area contributed by atoms with Gasteiger partial charge in [0, 0.05) is 12.9 Å². The summed E-state index contributed by atoms with van der Waals surface area (Å²) in [6, 6.07) is 5.07. The van der Waals surface area contributed by atoms with Crippen LogP contribution >= 0.6 is 0 Å². The van der Waals surface area contributed by atoms with Gasteiger partial charge in [-0.05, 0) is 12.1 Å². The van der Waals surface area contributed by atoms with Gasteiger partial charge in [0.1, 0.15) is 5.75 Å². The lowest BCUT2D eigenvalue weighted by Gasteiger charge is -1.95. The van der Waals surface area contributed by atoms with Crippen LogP contribution in [0.1, 0.15) is 5.69 Å². The van der Waals surface area contributed by atoms with Gasteiger partial charge in [0.25, 0.3) is 10.0 Å². The Morgan fingerprint density at radius 3 is 2.75 bits per heavy atom. The minimum Gasteiger partial charge on any atom is -0.260 e. The van der Waals surface area contributed by atoms with Gasteiger partial charge in [-0.1, -0.05) is 6.07 Å². The molecule has 0 amide bonds. The smallest absolute Gasteiger partial charge is 0.258 e. The van der Waals surface area contributed by atoms with Gasteiger partial charge >= 0.3 is 0 Å². The van der Waals surface area contributed by atoms with Crippen LogP contribution in [0.5, 0.6) is 0 Å². The Morgan fingerprint density at radius 2 is 2.25 bits per heavy atom. The third kappa shape index (κ3) is 2.43. The molecule has 64 valence electrons. The van der Waals surface area contributed by atoms with Crippen molar-refractivity contribution in [1.29, 1.82) is 0 Å². The van der Waals surface area contributed by atoms with E-state index in [4.69, 9.17) is 0 Å². The fourth-order valence-corrected chi connectivity index (χ4v) is 1.35. The highest BCUT2D eigenvalue weighted by Crippen LogP contribution is 2.02. The van der Waals surface area contributed by atoms with Crippen LogP contribution in [-0.2, 0) is 15.8 Å². The fourth-order valence-electron chi connectivity index (χ4n) is 0.716. The van der Waals surface area contributed by atoms with Crippen LogP contribution in [0, 0.1) is 0 Å². The normalized spacial score (nSPS) is 11.0. The Hall–Kier alpha value is -1.23. The Morgan fingerprint density at radius 1 is 1.50 bits per heavy atom. The van der Waals surface area contributed by atoms with Crippen LogP contribution in [0.3, 0.4) is 0 Å². The van der Waals surface area contributed by atoms with Crippen LogP contribution in [0.25, 0.3) is 0 Å². The Bertz CT molecular complexity index is 358. The van der Waals surface area contributed by atoms with Gasteiger partial charge in [-0.2, -0.15) is 4.40 Å². The lowest BCUT2D eigenvalue weighted by Crippen LogP contribution is -2.00. The van der Waals surface area contributed by atoms with Crippen molar-refractivity contribution in [2.75, 3.05) is 0 Å². The molecule has 0 unspecified atom stereocenters. The zero-order valence-electron chi connectivity index (χ0n) is 6.34. The summed E-state index contributed by atoms with van der Waals surface area (Å²) in [5.41, 5.74) is 0.477. The van der Waals surface area contributed by atoms with Crippen LogP contribution in [0.15, 0.2) is 28.8 Å². The van der Waals surface area contributed by atoms with Crippen LogP contribution in [-0.4, -0.2) is 20.1 Å². The first-order valence-corrected chi connectivity index (χ1v) is 4.85. The van der Waals surface area contributed by atoms with Crippen LogP contribution in [0.4, 0.5) is 0 Å². The summed E-state index contributed by atoms with van der Waals surface area (Å²) in [6.45, 7) is 2.96. The van der Waals surface area contributed by atoms with Gasteiger partial charge in [0.15, 0.2) is 0 Å². The zero-order chi connectivity index (χ0) is 9.03.